The minimum absolute atomic E-state index is 0.0378. The van der Waals surface area contributed by atoms with Crippen molar-refractivity contribution in [2.24, 2.45) is 0 Å². The third-order valence-electron chi connectivity index (χ3n) is 4.25. The molecule has 0 atom stereocenters. The minimum Gasteiger partial charge on any atom is -0.496 e. The molecule has 0 unspecified atom stereocenters. The molecule has 0 amide bonds. The molecule has 0 aliphatic carbocycles. The third-order valence-corrected chi connectivity index (χ3v) is 4.25. The Bertz CT molecular complexity index is 940. The van der Waals surface area contributed by atoms with Crippen molar-refractivity contribution in [3.63, 3.8) is 0 Å². The summed E-state index contributed by atoms with van der Waals surface area (Å²) in [6.07, 6.45) is 5.51. The van der Waals surface area contributed by atoms with E-state index in [2.05, 4.69) is 12.2 Å². The van der Waals surface area contributed by atoms with Crippen molar-refractivity contribution >= 4 is 11.0 Å². The minimum atomic E-state index is -0.301. The molecule has 0 aliphatic rings. The van der Waals surface area contributed by atoms with Crippen molar-refractivity contribution in [3.05, 3.63) is 50.7 Å². The summed E-state index contributed by atoms with van der Waals surface area (Å²) in [5.74, 6) is 0.613. The van der Waals surface area contributed by atoms with E-state index in [-0.39, 0.29) is 17.1 Å². The molecule has 5 heteroatoms. The normalized spacial score (nSPS) is 10.5. The topological polar surface area (TPSA) is 57.9 Å². The molecule has 0 bridgehead atoms. The van der Waals surface area contributed by atoms with Gasteiger partial charge < -0.3 is 18.6 Å². The van der Waals surface area contributed by atoms with Gasteiger partial charge in [0.1, 0.15) is 16.7 Å². The van der Waals surface area contributed by atoms with Crippen molar-refractivity contribution in [1.29, 1.82) is 0 Å². The van der Waals surface area contributed by atoms with E-state index in [4.69, 9.17) is 18.6 Å². The van der Waals surface area contributed by atoms with Crippen LogP contribution in [0, 0.1) is 0 Å². The van der Waals surface area contributed by atoms with Crippen molar-refractivity contribution < 1.29 is 18.6 Å². The van der Waals surface area contributed by atoms with Crippen molar-refractivity contribution in [1.82, 2.24) is 0 Å². The summed E-state index contributed by atoms with van der Waals surface area (Å²) in [4.78, 5) is 13.1. The Morgan fingerprint density at radius 2 is 1.44 bits per heavy atom. The lowest BCUT2D eigenvalue weighted by Crippen LogP contribution is -2.11. The summed E-state index contributed by atoms with van der Waals surface area (Å²) in [5.41, 5.74) is 4.39. The number of fused-ring (bicyclic) bond motifs is 1. The Hall–Kier alpha value is -2.69. The maximum atomic E-state index is 13.1. The number of allylic oxidation sites excluding steroid dienone is 4. The smallest absolute Gasteiger partial charge is 0.333 e. The van der Waals surface area contributed by atoms with Crippen LogP contribution in [0.5, 0.6) is 17.4 Å². The average Bonchev–Trinajstić information content (AvgIpc) is 2.63. The molecule has 5 nitrogen and oxygen atoms in total. The summed E-state index contributed by atoms with van der Waals surface area (Å²) < 4.78 is 22.0. The summed E-state index contributed by atoms with van der Waals surface area (Å²) in [7, 11) is 4.43. The average molecular weight is 372 g/mol. The van der Waals surface area contributed by atoms with E-state index in [9.17, 15) is 4.79 Å². The van der Waals surface area contributed by atoms with Gasteiger partial charge in [-0.3, -0.25) is 4.79 Å². The summed E-state index contributed by atoms with van der Waals surface area (Å²) in [6, 6.07) is 2.04. The van der Waals surface area contributed by atoms with Gasteiger partial charge in [0.05, 0.1) is 21.3 Å². The molecule has 0 saturated carbocycles. The van der Waals surface area contributed by atoms with Gasteiger partial charge in [-0.2, -0.15) is 0 Å². The first-order chi connectivity index (χ1) is 12.8. The molecule has 2 aromatic rings. The van der Waals surface area contributed by atoms with Gasteiger partial charge in [0.25, 0.3) is 0 Å². The molecule has 27 heavy (non-hydrogen) atoms. The van der Waals surface area contributed by atoms with Crippen molar-refractivity contribution in [2.45, 2.75) is 40.5 Å². The highest BCUT2D eigenvalue weighted by molar-refractivity contribution is 5.89. The second kappa shape index (κ2) is 8.80. The fraction of sp³-hybridized carbons (Fsp3) is 0.409. The zero-order chi connectivity index (χ0) is 20.1. The Morgan fingerprint density at radius 3 is 1.93 bits per heavy atom. The van der Waals surface area contributed by atoms with E-state index in [1.54, 1.807) is 7.11 Å². The molecule has 146 valence electrons. The lowest BCUT2D eigenvalue weighted by molar-refractivity contribution is 0.275. The van der Waals surface area contributed by atoms with E-state index in [0.717, 1.165) is 11.1 Å². The van der Waals surface area contributed by atoms with Gasteiger partial charge in [0.2, 0.25) is 11.2 Å². The van der Waals surface area contributed by atoms with Crippen LogP contribution in [0.4, 0.5) is 0 Å². The largest absolute Gasteiger partial charge is 0.496 e. The number of methoxy groups -OCH3 is 3. The predicted octanol–water partition coefficient (Wildman–Crippen LogP) is 4.84. The fourth-order valence-corrected chi connectivity index (χ4v) is 2.91. The first kappa shape index (κ1) is 20.6. The van der Waals surface area contributed by atoms with Crippen molar-refractivity contribution in [3.8, 4) is 17.4 Å². The van der Waals surface area contributed by atoms with E-state index in [1.165, 1.54) is 25.4 Å². The molecule has 0 fully saturated rings. The van der Waals surface area contributed by atoms with Gasteiger partial charge in [0, 0.05) is 5.56 Å². The second-order valence-corrected chi connectivity index (χ2v) is 6.86. The predicted molar refractivity (Wildman–Crippen MR) is 108 cm³/mol. The lowest BCUT2D eigenvalue weighted by Gasteiger charge is -2.15. The molecule has 0 spiro atoms. The Labute approximate surface area is 160 Å². The third kappa shape index (κ3) is 4.35. The number of ether oxygens (including phenoxy) is 3. The van der Waals surface area contributed by atoms with Crippen LogP contribution in [-0.2, 0) is 12.8 Å². The maximum absolute atomic E-state index is 13.1. The quantitative estimate of drug-likeness (QED) is 0.651. The van der Waals surface area contributed by atoms with Crippen LogP contribution in [0.2, 0.25) is 0 Å². The van der Waals surface area contributed by atoms with Crippen LogP contribution >= 0.6 is 0 Å². The highest BCUT2D eigenvalue weighted by atomic mass is 16.6. The highest BCUT2D eigenvalue weighted by Crippen LogP contribution is 2.37. The molecular weight excluding hydrogens is 344 g/mol. The van der Waals surface area contributed by atoms with E-state index >= 15 is 0 Å². The second-order valence-electron chi connectivity index (χ2n) is 6.86. The van der Waals surface area contributed by atoms with Crippen LogP contribution in [0.3, 0.4) is 0 Å². The lowest BCUT2D eigenvalue weighted by atomic mass is 9.98. The number of rotatable bonds is 7. The molecule has 0 N–H and O–H groups in total. The molecule has 2 rings (SSSR count). The van der Waals surface area contributed by atoms with Crippen LogP contribution < -0.4 is 19.6 Å². The highest BCUT2D eigenvalue weighted by Gasteiger charge is 2.23. The van der Waals surface area contributed by atoms with Crippen molar-refractivity contribution in [2.75, 3.05) is 21.3 Å². The Kier molecular flexibility index (Phi) is 6.72. The maximum Gasteiger partial charge on any atom is 0.333 e. The molecule has 0 aliphatic heterocycles. The van der Waals surface area contributed by atoms with Gasteiger partial charge in [-0.25, -0.2) is 0 Å². The van der Waals surface area contributed by atoms with Gasteiger partial charge in [-0.05, 0) is 52.2 Å². The molecule has 1 aromatic carbocycles. The van der Waals surface area contributed by atoms with Crippen LogP contribution in [0.1, 0.15) is 38.8 Å². The zero-order valence-corrected chi connectivity index (χ0v) is 17.2. The molecule has 0 radical (unpaired) electrons. The van der Waals surface area contributed by atoms with E-state index < -0.39 is 0 Å². The van der Waals surface area contributed by atoms with Gasteiger partial charge in [-0.1, -0.05) is 23.3 Å². The van der Waals surface area contributed by atoms with Gasteiger partial charge in [-0.15, -0.1) is 0 Å². The summed E-state index contributed by atoms with van der Waals surface area (Å²) >= 11 is 0. The van der Waals surface area contributed by atoms with Crippen LogP contribution in [0.25, 0.3) is 11.0 Å². The van der Waals surface area contributed by atoms with Gasteiger partial charge >= 0.3 is 5.95 Å². The Balaban J connectivity index is 2.92. The van der Waals surface area contributed by atoms with Crippen LogP contribution in [0.15, 0.2) is 38.6 Å². The SMILES string of the molecule is COc1oc2c(CC=C(C)C)cc(CC=C(C)C)c(OC)c2c(=O)c1OC. The standard InChI is InChI=1S/C22H28O5/c1-13(2)8-10-15-12-16(11-9-14(3)4)20-17(19(15)24-5)18(23)21(25-6)22(26-7)27-20/h8-9,12H,10-11H2,1-7H3. The summed E-state index contributed by atoms with van der Waals surface area (Å²) in [5, 5.41) is 0.381. The zero-order valence-electron chi connectivity index (χ0n) is 17.2. The number of hydrogen-bond acceptors (Lipinski definition) is 5. The Morgan fingerprint density at radius 1 is 0.889 bits per heavy atom. The first-order valence-corrected chi connectivity index (χ1v) is 8.88. The summed E-state index contributed by atoms with van der Waals surface area (Å²) in [6.45, 7) is 8.16. The molecule has 1 heterocycles. The fourth-order valence-electron chi connectivity index (χ4n) is 2.91. The van der Waals surface area contributed by atoms with E-state index in [0.29, 0.717) is 29.6 Å². The van der Waals surface area contributed by atoms with E-state index in [1.807, 2.05) is 33.8 Å². The monoisotopic (exact) mass is 372 g/mol. The van der Waals surface area contributed by atoms with Crippen LogP contribution in [-0.4, -0.2) is 21.3 Å². The number of hydrogen-bond donors (Lipinski definition) is 0. The number of benzene rings is 1. The molecular formula is C22H28O5. The molecule has 1 aromatic heterocycles. The first-order valence-electron chi connectivity index (χ1n) is 8.88. The molecule has 0 saturated heterocycles. The van der Waals surface area contributed by atoms with Gasteiger partial charge in [0.15, 0.2) is 0 Å².